The van der Waals surface area contributed by atoms with Crippen LogP contribution in [0.4, 0.5) is 11.4 Å². The van der Waals surface area contributed by atoms with Crippen molar-refractivity contribution in [2.45, 2.75) is 6.42 Å². The smallest absolute Gasteiger partial charge is 0.255 e. The molecule has 0 saturated carbocycles. The zero-order valence-electron chi connectivity index (χ0n) is 16.7. The molecule has 0 unspecified atom stereocenters. The van der Waals surface area contributed by atoms with E-state index in [1.54, 1.807) is 12.4 Å². The number of pyridine rings is 1. The average molecular weight is 399 g/mol. The molecule has 1 amide bonds. The second kappa shape index (κ2) is 8.57. The van der Waals surface area contributed by atoms with Crippen LogP contribution in [0.2, 0.25) is 0 Å². The van der Waals surface area contributed by atoms with Crippen LogP contribution >= 0.6 is 0 Å². The summed E-state index contributed by atoms with van der Waals surface area (Å²) < 4.78 is 5.40. The van der Waals surface area contributed by atoms with Gasteiger partial charge >= 0.3 is 0 Å². The van der Waals surface area contributed by atoms with Crippen LogP contribution in [0.25, 0.3) is 11.4 Å². The average Bonchev–Trinajstić information content (AvgIpc) is 3.24. The highest BCUT2D eigenvalue weighted by atomic mass is 16.5. The van der Waals surface area contributed by atoms with Gasteiger partial charge < -0.3 is 14.7 Å². The molecule has 7 nitrogen and oxygen atoms in total. The molecule has 0 fully saturated rings. The zero-order valence-corrected chi connectivity index (χ0v) is 16.7. The van der Waals surface area contributed by atoms with Gasteiger partial charge in [0.1, 0.15) is 0 Å². The largest absolute Gasteiger partial charge is 0.378 e. The minimum atomic E-state index is -0.172. The molecule has 0 radical (unpaired) electrons. The molecule has 150 valence electrons. The Kier molecular flexibility index (Phi) is 5.52. The predicted octanol–water partition coefficient (Wildman–Crippen LogP) is 4.04. The Morgan fingerprint density at radius 3 is 2.57 bits per heavy atom. The third kappa shape index (κ3) is 4.35. The third-order valence-corrected chi connectivity index (χ3v) is 4.64. The van der Waals surface area contributed by atoms with Gasteiger partial charge in [0.25, 0.3) is 5.91 Å². The lowest BCUT2D eigenvalue weighted by molar-refractivity contribution is 0.102. The van der Waals surface area contributed by atoms with Crippen molar-refractivity contribution in [3.05, 3.63) is 90.1 Å². The van der Waals surface area contributed by atoms with E-state index >= 15 is 0 Å². The SMILES string of the molecule is CN(C)c1ccc(C(=O)Nc2ccccc2Cc2nc(-c3cccnc3)no2)cc1. The van der Waals surface area contributed by atoms with Gasteiger partial charge in [0, 0.05) is 49.0 Å². The number of carbonyl (C=O) groups is 1. The maximum Gasteiger partial charge on any atom is 0.255 e. The molecule has 0 bridgehead atoms. The molecule has 2 aromatic heterocycles. The Balaban J connectivity index is 1.50. The molecular weight excluding hydrogens is 378 g/mol. The number of aromatic nitrogens is 3. The van der Waals surface area contributed by atoms with Crippen LogP contribution in [0, 0.1) is 0 Å². The first kappa shape index (κ1) is 19.3. The van der Waals surface area contributed by atoms with Crippen molar-refractivity contribution in [3.8, 4) is 11.4 Å². The van der Waals surface area contributed by atoms with Crippen molar-refractivity contribution in [2.75, 3.05) is 24.3 Å². The Morgan fingerprint density at radius 1 is 1.03 bits per heavy atom. The highest BCUT2D eigenvalue weighted by Gasteiger charge is 2.14. The summed E-state index contributed by atoms with van der Waals surface area (Å²) in [5.41, 5.74) is 4.01. The van der Waals surface area contributed by atoms with Gasteiger partial charge in [-0.15, -0.1) is 0 Å². The summed E-state index contributed by atoms with van der Waals surface area (Å²) in [4.78, 5) is 23.2. The molecule has 0 saturated heterocycles. The van der Waals surface area contributed by atoms with Crippen LogP contribution in [-0.2, 0) is 6.42 Å². The molecule has 4 aromatic rings. The molecule has 0 atom stereocenters. The number of amides is 1. The van der Waals surface area contributed by atoms with E-state index in [-0.39, 0.29) is 5.91 Å². The summed E-state index contributed by atoms with van der Waals surface area (Å²) in [6.07, 6.45) is 3.78. The lowest BCUT2D eigenvalue weighted by atomic mass is 10.1. The van der Waals surface area contributed by atoms with Gasteiger partial charge in [-0.1, -0.05) is 23.4 Å². The standard InChI is InChI=1S/C23H21N5O2/c1-28(2)19-11-9-16(10-12-19)23(29)25-20-8-4-3-6-17(20)14-21-26-22(27-30-21)18-7-5-13-24-15-18/h3-13,15H,14H2,1-2H3,(H,25,29). The molecule has 1 N–H and O–H groups in total. The number of rotatable bonds is 6. The quantitative estimate of drug-likeness (QED) is 0.527. The number of carbonyl (C=O) groups excluding carboxylic acids is 1. The predicted molar refractivity (Wildman–Crippen MR) is 115 cm³/mol. The zero-order chi connectivity index (χ0) is 20.9. The van der Waals surface area contributed by atoms with Crippen LogP contribution < -0.4 is 10.2 Å². The molecule has 30 heavy (non-hydrogen) atoms. The van der Waals surface area contributed by atoms with Gasteiger partial charge in [0.2, 0.25) is 11.7 Å². The van der Waals surface area contributed by atoms with E-state index in [1.165, 1.54) is 0 Å². The van der Waals surface area contributed by atoms with E-state index in [0.29, 0.717) is 29.4 Å². The van der Waals surface area contributed by atoms with E-state index in [9.17, 15) is 4.79 Å². The van der Waals surface area contributed by atoms with Crippen LogP contribution in [0.5, 0.6) is 0 Å². The van der Waals surface area contributed by atoms with E-state index in [4.69, 9.17) is 4.52 Å². The number of nitrogens with zero attached hydrogens (tertiary/aromatic N) is 4. The van der Waals surface area contributed by atoms with Gasteiger partial charge in [0.15, 0.2) is 0 Å². The molecular formula is C23H21N5O2. The second-order valence-electron chi connectivity index (χ2n) is 6.98. The molecule has 0 aliphatic carbocycles. The Bertz CT molecular complexity index is 1140. The van der Waals surface area contributed by atoms with Crippen molar-refractivity contribution in [2.24, 2.45) is 0 Å². The van der Waals surface area contributed by atoms with Crippen LogP contribution in [0.1, 0.15) is 21.8 Å². The summed E-state index contributed by atoms with van der Waals surface area (Å²) >= 11 is 0. The fourth-order valence-corrected chi connectivity index (χ4v) is 3.00. The van der Waals surface area contributed by atoms with Crippen molar-refractivity contribution >= 4 is 17.3 Å². The number of anilines is 2. The highest BCUT2D eigenvalue weighted by molar-refractivity contribution is 6.04. The van der Waals surface area contributed by atoms with Crippen molar-refractivity contribution < 1.29 is 9.32 Å². The summed E-state index contributed by atoms with van der Waals surface area (Å²) in [7, 11) is 3.92. The molecule has 0 aliphatic rings. The summed E-state index contributed by atoms with van der Waals surface area (Å²) in [5.74, 6) is 0.779. The number of nitrogens with one attached hydrogen (secondary N) is 1. The molecule has 2 heterocycles. The van der Waals surface area contributed by atoms with Crippen LogP contribution in [0.3, 0.4) is 0 Å². The van der Waals surface area contributed by atoms with E-state index in [1.807, 2.05) is 79.7 Å². The maximum absolute atomic E-state index is 12.7. The topological polar surface area (TPSA) is 84.2 Å². The Morgan fingerprint density at radius 2 is 1.83 bits per heavy atom. The first-order valence-electron chi connectivity index (χ1n) is 9.50. The van der Waals surface area contributed by atoms with Crippen LogP contribution in [-0.4, -0.2) is 35.1 Å². The Labute approximate surface area is 174 Å². The number of hydrogen-bond donors (Lipinski definition) is 1. The maximum atomic E-state index is 12.7. The van der Waals surface area contributed by atoms with Crippen molar-refractivity contribution in [1.29, 1.82) is 0 Å². The van der Waals surface area contributed by atoms with Crippen LogP contribution in [0.15, 0.2) is 77.6 Å². The molecule has 0 spiro atoms. The Hall–Kier alpha value is -4.00. The molecule has 2 aromatic carbocycles. The lowest BCUT2D eigenvalue weighted by Gasteiger charge is -2.13. The van der Waals surface area contributed by atoms with E-state index < -0.39 is 0 Å². The monoisotopic (exact) mass is 399 g/mol. The fourth-order valence-electron chi connectivity index (χ4n) is 3.00. The van der Waals surface area contributed by atoms with Gasteiger partial charge in [-0.25, -0.2) is 0 Å². The molecule has 4 rings (SSSR count). The summed E-state index contributed by atoms with van der Waals surface area (Å²) in [5, 5.41) is 7.01. The second-order valence-corrected chi connectivity index (χ2v) is 6.98. The fraction of sp³-hybridized carbons (Fsp3) is 0.130. The number of hydrogen-bond acceptors (Lipinski definition) is 6. The van der Waals surface area contributed by atoms with Gasteiger partial charge in [-0.2, -0.15) is 4.98 Å². The summed E-state index contributed by atoms with van der Waals surface area (Å²) in [6.45, 7) is 0. The van der Waals surface area contributed by atoms with Gasteiger partial charge in [0.05, 0.1) is 6.42 Å². The lowest BCUT2D eigenvalue weighted by Crippen LogP contribution is -2.14. The molecule has 7 heteroatoms. The highest BCUT2D eigenvalue weighted by Crippen LogP contribution is 2.22. The minimum absolute atomic E-state index is 0.172. The number of benzene rings is 2. The van der Waals surface area contributed by atoms with Gasteiger partial charge in [-0.05, 0) is 48.0 Å². The van der Waals surface area contributed by atoms with Crippen molar-refractivity contribution in [3.63, 3.8) is 0 Å². The number of para-hydroxylation sites is 1. The summed E-state index contributed by atoms with van der Waals surface area (Å²) in [6, 6.07) is 18.7. The van der Waals surface area contributed by atoms with Gasteiger partial charge in [-0.3, -0.25) is 9.78 Å². The minimum Gasteiger partial charge on any atom is -0.378 e. The van der Waals surface area contributed by atoms with E-state index in [0.717, 1.165) is 16.8 Å². The first-order valence-corrected chi connectivity index (χ1v) is 9.50. The first-order chi connectivity index (χ1) is 14.6. The van der Waals surface area contributed by atoms with Crippen molar-refractivity contribution in [1.82, 2.24) is 15.1 Å². The third-order valence-electron chi connectivity index (χ3n) is 4.64. The normalized spacial score (nSPS) is 10.6. The molecule has 0 aliphatic heterocycles. The van der Waals surface area contributed by atoms with E-state index in [2.05, 4.69) is 20.4 Å².